The summed E-state index contributed by atoms with van der Waals surface area (Å²) in [7, 11) is 0. The van der Waals surface area contributed by atoms with Crippen LogP contribution in [0.25, 0.3) is 0 Å². The Morgan fingerprint density at radius 2 is 1.68 bits per heavy atom. The number of benzene rings is 1. The molecule has 4 bridgehead atoms. The average molecular weight is 647 g/mol. The van der Waals surface area contributed by atoms with E-state index in [-0.39, 0.29) is 64.6 Å². The third kappa shape index (κ3) is 4.75. The van der Waals surface area contributed by atoms with E-state index in [2.05, 4.69) is 6.08 Å². The molecule has 6 aliphatic rings. The molecule has 252 valence electrons. The number of aliphatic carboxylic acids is 1. The highest BCUT2D eigenvalue weighted by Gasteiger charge is 2.81. The highest BCUT2D eigenvalue weighted by Crippen LogP contribution is 2.69. The molecule has 3 heterocycles. The lowest BCUT2D eigenvalue weighted by atomic mass is 9.51. The molecule has 3 aliphatic carbocycles. The monoisotopic (exact) mass is 646 g/mol. The van der Waals surface area contributed by atoms with E-state index in [1.807, 2.05) is 54.5 Å². The van der Waals surface area contributed by atoms with Crippen LogP contribution >= 0.6 is 0 Å². The van der Waals surface area contributed by atoms with Crippen molar-refractivity contribution in [3.05, 3.63) is 63.3 Å². The summed E-state index contributed by atoms with van der Waals surface area (Å²) >= 11 is 0. The van der Waals surface area contributed by atoms with Gasteiger partial charge < -0.3 is 29.5 Å². The summed E-state index contributed by atoms with van der Waals surface area (Å²) in [6.45, 7) is 15.1. The van der Waals surface area contributed by atoms with Crippen molar-refractivity contribution in [1.82, 2.24) is 0 Å². The number of phenols is 1. The van der Waals surface area contributed by atoms with Crippen molar-refractivity contribution in [3.63, 3.8) is 0 Å². The van der Waals surface area contributed by atoms with Crippen molar-refractivity contribution in [2.75, 3.05) is 0 Å². The van der Waals surface area contributed by atoms with Gasteiger partial charge in [-0.3, -0.25) is 9.59 Å². The molecule has 1 aromatic carbocycles. The summed E-state index contributed by atoms with van der Waals surface area (Å²) in [6.07, 6.45) is 8.28. The van der Waals surface area contributed by atoms with Gasteiger partial charge in [0.25, 0.3) is 0 Å². The van der Waals surface area contributed by atoms with Crippen molar-refractivity contribution in [3.8, 4) is 17.2 Å². The summed E-state index contributed by atoms with van der Waals surface area (Å²) in [5.74, 6) is -2.90. The van der Waals surface area contributed by atoms with E-state index in [9.17, 15) is 29.7 Å². The Morgan fingerprint density at radius 1 is 1.00 bits per heavy atom. The number of phenolic OH excluding ortho intramolecular Hbond substituents is 1. The van der Waals surface area contributed by atoms with Crippen LogP contribution in [0.15, 0.2) is 46.6 Å². The predicted molar refractivity (Wildman–Crippen MR) is 175 cm³/mol. The fourth-order valence-corrected chi connectivity index (χ4v) is 8.64. The summed E-state index contributed by atoms with van der Waals surface area (Å²) in [5.41, 5.74) is -1.83. The van der Waals surface area contributed by atoms with E-state index >= 15 is 0 Å². The van der Waals surface area contributed by atoms with Gasteiger partial charge in [-0.25, -0.2) is 4.79 Å². The van der Waals surface area contributed by atoms with Gasteiger partial charge in [0.1, 0.15) is 28.4 Å². The van der Waals surface area contributed by atoms with Crippen molar-refractivity contribution >= 4 is 17.5 Å². The van der Waals surface area contributed by atoms with Crippen molar-refractivity contribution < 1.29 is 43.9 Å². The summed E-state index contributed by atoms with van der Waals surface area (Å²) in [6, 6.07) is 0. The second kappa shape index (κ2) is 10.9. The van der Waals surface area contributed by atoms with Crippen LogP contribution in [0.5, 0.6) is 17.2 Å². The molecule has 0 aromatic heterocycles. The van der Waals surface area contributed by atoms with Crippen molar-refractivity contribution in [2.45, 2.75) is 122 Å². The number of hydrogen-bond donors (Lipinski definition) is 3. The minimum absolute atomic E-state index is 0.0497. The maximum absolute atomic E-state index is 14.8. The Balaban J connectivity index is 1.60. The van der Waals surface area contributed by atoms with Crippen LogP contribution < -0.4 is 9.47 Å². The van der Waals surface area contributed by atoms with Crippen LogP contribution in [0.2, 0.25) is 0 Å². The van der Waals surface area contributed by atoms with E-state index in [0.29, 0.717) is 18.4 Å². The quantitative estimate of drug-likeness (QED) is 0.209. The first kappa shape index (κ1) is 33.2. The first-order valence-electron chi connectivity index (χ1n) is 16.5. The molecule has 2 fully saturated rings. The molecule has 1 saturated carbocycles. The second-order valence-corrected chi connectivity index (χ2v) is 15.3. The van der Waals surface area contributed by atoms with E-state index in [0.717, 1.165) is 12.0 Å². The molecule has 7 rings (SSSR count). The molecule has 6 atom stereocenters. The zero-order chi connectivity index (χ0) is 34.4. The Hall–Kier alpha value is -3.69. The van der Waals surface area contributed by atoms with Crippen LogP contribution in [0.4, 0.5) is 0 Å². The topological polar surface area (TPSA) is 140 Å². The number of carboxylic acid groups (broad SMARTS) is 1. The summed E-state index contributed by atoms with van der Waals surface area (Å²) < 4.78 is 20.6. The lowest BCUT2D eigenvalue weighted by Crippen LogP contribution is -2.72. The molecule has 1 spiro atoms. The van der Waals surface area contributed by atoms with Gasteiger partial charge in [0, 0.05) is 41.4 Å². The number of hydrogen-bond acceptors (Lipinski definition) is 8. The number of aromatic hydroxyl groups is 1. The number of aliphatic hydroxyl groups is 1. The minimum atomic E-state index is -1.67. The molecule has 1 saturated heterocycles. The van der Waals surface area contributed by atoms with E-state index in [1.165, 1.54) is 18.6 Å². The van der Waals surface area contributed by atoms with Crippen LogP contribution in [-0.2, 0) is 20.7 Å². The van der Waals surface area contributed by atoms with Crippen molar-refractivity contribution in [2.24, 2.45) is 11.8 Å². The Labute approximate surface area is 276 Å². The summed E-state index contributed by atoms with van der Waals surface area (Å²) in [5, 5.41) is 33.0. The molecular weight excluding hydrogens is 600 g/mol. The number of ether oxygens (including phenoxy) is 3. The molecular formula is C38H46O9. The Bertz CT molecular complexity index is 1720. The highest BCUT2D eigenvalue weighted by atomic mass is 16.6. The number of Topliss-reactive ketones (excluding diaryl/α,β-unsaturated/α-hetero) is 2. The first-order valence-corrected chi connectivity index (χ1v) is 16.5. The number of rotatable bonds is 8. The molecule has 9 nitrogen and oxygen atoms in total. The van der Waals surface area contributed by atoms with Gasteiger partial charge >= 0.3 is 5.97 Å². The zero-order valence-electron chi connectivity index (χ0n) is 28.6. The molecule has 3 aliphatic heterocycles. The largest absolute Gasteiger partial charge is 0.506 e. The predicted octanol–water partition coefficient (Wildman–Crippen LogP) is 6.65. The van der Waals surface area contributed by atoms with Gasteiger partial charge in [0.2, 0.25) is 0 Å². The lowest BCUT2D eigenvalue weighted by molar-refractivity contribution is -0.171. The van der Waals surface area contributed by atoms with E-state index in [4.69, 9.17) is 14.2 Å². The van der Waals surface area contributed by atoms with E-state index < -0.39 is 52.1 Å². The third-order valence-electron chi connectivity index (χ3n) is 10.9. The lowest BCUT2D eigenvalue weighted by Gasteiger charge is -2.56. The third-order valence-corrected chi connectivity index (χ3v) is 10.9. The minimum Gasteiger partial charge on any atom is -0.506 e. The second-order valence-electron chi connectivity index (χ2n) is 15.3. The average Bonchev–Trinajstić information content (AvgIpc) is 3.11. The number of carbonyl (C=O) groups excluding carboxylic acids is 2. The fraction of sp³-hybridized carbons (Fsp3) is 0.553. The number of ketones is 2. The fourth-order valence-electron chi connectivity index (χ4n) is 8.64. The Morgan fingerprint density at radius 3 is 2.32 bits per heavy atom. The maximum Gasteiger partial charge on any atom is 0.330 e. The molecule has 1 aromatic rings. The van der Waals surface area contributed by atoms with Crippen LogP contribution in [-0.4, -0.2) is 55.3 Å². The normalized spacial score (nSPS) is 32.7. The molecule has 47 heavy (non-hydrogen) atoms. The Kier molecular flexibility index (Phi) is 7.72. The molecule has 3 N–H and O–H groups in total. The molecule has 0 amide bonds. The van der Waals surface area contributed by atoms with Gasteiger partial charge in [0.15, 0.2) is 22.8 Å². The number of carboxylic acids is 1. The number of fused-ring (bicyclic) bond motifs is 2. The number of aliphatic hydroxyl groups excluding tert-OH is 1. The molecule has 0 radical (unpaired) electrons. The summed E-state index contributed by atoms with van der Waals surface area (Å²) in [4.78, 5) is 40.9. The van der Waals surface area contributed by atoms with Gasteiger partial charge in [-0.2, -0.15) is 0 Å². The van der Waals surface area contributed by atoms with Gasteiger partial charge in [-0.15, -0.1) is 0 Å². The number of carbonyl (C=O) groups is 3. The first-order chi connectivity index (χ1) is 21.9. The molecule has 0 unspecified atom stereocenters. The van der Waals surface area contributed by atoms with Crippen molar-refractivity contribution in [1.29, 1.82) is 0 Å². The zero-order valence-corrected chi connectivity index (χ0v) is 28.6. The maximum atomic E-state index is 14.8. The van der Waals surface area contributed by atoms with Gasteiger partial charge in [-0.05, 0) is 81.1 Å². The van der Waals surface area contributed by atoms with Crippen LogP contribution in [0.1, 0.15) is 115 Å². The van der Waals surface area contributed by atoms with E-state index in [1.54, 1.807) is 6.08 Å². The standard InChI is InChI=1S/C38H46O9/c1-19(2)10-9-14-36(8)18-25(39)27-30(41)28-29(40)24-16-22-17-26-35(6,7)47-37(33(22)42,15-13-21(5)34(43)44)38(24,26)46-32(28)23(31(27)45-36)12-11-20(3)4/h10-11,13,16,22,25-26,39,41H,9,12,14-15,17-18H2,1-8H3,(H,43,44)/b21-13+/t22-,25+,26-,36-,37-,38+/m1/s1. The van der Waals surface area contributed by atoms with Gasteiger partial charge in [-0.1, -0.05) is 35.5 Å². The van der Waals surface area contributed by atoms with Crippen LogP contribution in [0, 0.1) is 11.8 Å². The highest BCUT2D eigenvalue weighted by molar-refractivity contribution is 6.18. The SMILES string of the molecule is CC(C)=CCC[C@]1(C)C[C@H](O)c2c(O)c3c(c(CC=C(C)C)c2O1)O[C@@]12C(=C[C@@H]4C[C@@H]1C(C)(C)O[C@]2(C/C=C(\C)C(=O)O)C4=O)C3=O. The van der Waals surface area contributed by atoms with Crippen LogP contribution in [0.3, 0.4) is 0 Å². The molecule has 9 heteroatoms. The smallest absolute Gasteiger partial charge is 0.330 e. The van der Waals surface area contributed by atoms with Gasteiger partial charge in [0.05, 0.1) is 17.3 Å². The number of allylic oxidation sites excluding steroid dienone is 5.